The van der Waals surface area contributed by atoms with Gasteiger partial charge < -0.3 is 10.6 Å². The van der Waals surface area contributed by atoms with Crippen molar-refractivity contribution in [3.8, 4) is 10.6 Å². The Morgan fingerprint density at radius 3 is 2.74 bits per heavy atom. The van der Waals surface area contributed by atoms with Crippen molar-refractivity contribution in [1.29, 1.82) is 0 Å². The summed E-state index contributed by atoms with van der Waals surface area (Å²) in [6.45, 7) is 0.00498. The Balaban J connectivity index is 1.69. The van der Waals surface area contributed by atoms with E-state index in [0.717, 1.165) is 41.9 Å². The molecule has 7 heteroatoms. The number of amides is 2. The number of carbonyl (C=O) groups excluding carboxylic acids is 2. The third-order valence-corrected chi connectivity index (χ3v) is 5.69. The van der Waals surface area contributed by atoms with E-state index in [-0.39, 0.29) is 24.9 Å². The zero-order valence-electron chi connectivity index (χ0n) is 12.7. The summed E-state index contributed by atoms with van der Waals surface area (Å²) >= 11 is 3.17. The molecular weight excluding hydrogens is 330 g/mol. The average Bonchev–Trinajstić information content (AvgIpc) is 3.25. The van der Waals surface area contributed by atoms with Crippen LogP contribution in [0, 0.1) is 0 Å². The highest BCUT2D eigenvalue weighted by molar-refractivity contribution is 7.14. The lowest BCUT2D eigenvalue weighted by Gasteiger charge is -2.27. The molecule has 1 aliphatic rings. The molecule has 0 saturated heterocycles. The minimum atomic E-state index is -0.456. The van der Waals surface area contributed by atoms with Crippen LogP contribution in [0.1, 0.15) is 31.4 Å². The molecule has 0 unspecified atom stereocenters. The summed E-state index contributed by atoms with van der Waals surface area (Å²) in [6.07, 6.45) is 4.34. The van der Waals surface area contributed by atoms with Gasteiger partial charge in [-0.3, -0.25) is 9.59 Å². The molecule has 2 aromatic heterocycles. The number of hydrogen-bond donors (Lipinski definition) is 1. The van der Waals surface area contributed by atoms with Crippen LogP contribution in [0.3, 0.4) is 0 Å². The Bertz CT molecular complexity index is 675. The van der Waals surface area contributed by atoms with Gasteiger partial charge in [0.15, 0.2) is 0 Å². The van der Waals surface area contributed by atoms with Gasteiger partial charge in [-0.05, 0) is 24.3 Å². The number of aromatic nitrogens is 1. The zero-order valence-corrected chi connectivity index (χ0v) is 14.4. The van der Waals surface area contributed by atoms with E-state index in [9.17, 15) is 9.59 Å². The molecule has 0 spiro atoms. The average molecular weight is 349 g/mol. The fourth-order valence-electron chi connectivity index (χ4n) is 2.97. The van der Waals surface area contributed by atoms with Crippen molar-refractivity contribution in [3.63, 3.8) is 0 Å². The molecule has 23 heavy (non-hydrogen) atoms. The molecule has 0 bridgehead atoms. The SMILES string of the molecule is NC(=O)CN(C(=O)Cc1csc(-c2ccsc2)n1)C1CCCC1. The van der Waals surface area contributed by atoms with Crippen LogP contribution in [0.2, 0.25) is 0 Å². The molecule has 2 heterocycles. The number of carbonyl (C=O) groups is 2. The standard InChI is InChI=1S/C16H19N3O2S2/c17-14(20)8-19(13-3-1-2-4-13)15(21)7-12-10-23-16(18-12)11-5-6-22-9-11/h5-6,9-10,13H,1-4,7-8H2,(H2,17,20). The second-order valence-electron chi connectivity index (χ2n) is 5.76. The number of thiophene rings is 1. The van der Waals surface area contributed by atoms with E-state index in [0.29, 0.717) is 0 Å². The number of nitrogens with zero attached hydrogens (tertiary/aromatic N) is 2. The quantitative estimate of drug-likeness (QED) is 0.871. The Morgan fingerprint density at radius 2 is 2.09 bits per heavy atom. The lowest BCUT2D eigenvalue weighted by atomic mass is 10.2. The Labute approximate surface area is 143 Å². The molecule has 0 radical (unpaired) electrons. The third-order valence-electron chi connectivity index (χ3n) is 4.06. The van der Waals surface area contributed by atoms with Crippen molar-refractivity contribution in [2.45, 2.75) is 38.1 Å². The largest absolute Gasteiger partial charge is 0.368 e. The van der Waals surface area contributed by atoms with Gasteiger partial charge in [0.1, 0.15) is 5.01 Å². The number of hydrogen-bond acceptors (Lipinski definition) is 5. The number of rotatable bonds is 6. The normalized spacial score (nSPS) is 15.0. The third kappa shape index (κ3) is 3.97. The topological polar surface area (TPSA) is 76.3 Å². The molecule has 0 atom stereocenters. The van der Waals surface area contributed by atoms with Gasteiger partial charge in [0.25, 0.3) is 0 Å². The molecule has 2 N–H and O–H groups in total. The number of primary amides is 1. The van der Waals surface area contributed by atoms with Crippen molar-refractivity contribution < 1.29 is 9.59 Å². The lowest BCUT2D eigenvalue weighted by molar-refractivity contribution is -0.136. The fraction of sp³-hybridized carbons (Fsp3) is 0.438. The van der Waals surface area contributed by atoms with E-state index in [2.05, 4.69) is 4.98 Å². The summed E-state index contributed by atoms with van der Waals surface area (Å²) in [6, 6.07) is 2.16. The van der Waals surface area contributed by atoms with Gasteiger partial charge in [-0.1, -0.05) is 12.8 Å². The van der Waals surface area contributed by atoms with E-state index < -0.39 is 5.91 Å². The van der Waals surface area contributed by atoms with Crippen LogP contribution in [0.15, 0.2) is 22.2 Å². The van der Waals surface area contributed by atoms with Crippen LogP contribution in [0.5, 0.6) is 0 Å². The summed E-state index contributed by atoms with van der Waals surface area (Å²) in [5.41, 5.74) is 7.16. The molecule has 1 aliphatic carbocycles. The van der Waals surface area contributed by atoms with E-state index in [1.54, 1.807) is 27.6 Å². The Hall–Kier alpha value is -1.73. The predicted molar refractivity (Wildman–Crippen MR) is 92.3 cm³/mol. The number of nitrogens with two attached hydrogens (primary N) is 1. The summed E-state index contributed by atoms with van der Waals surface area (Å²) in [4.78, 5) is 30.1. The molecule has 2 amide bonds. The van der Waals surface area contributed by atoms with Crippen molar-refractivity contribution in [1.82, 2.24) is 9.88 Å². The zero-order chi connectivity index (χ0) is 16.2. The maximum atomic E-state index is 12.6. The monoisotopic (exact) mass is 349 g/mol. The highest BCUT2D eigenvalue weighted by Crippen LogP contribution is 2.27. The van der Waals surface area contributed by atoms with E-state index in [4.69, 9.17) is 5.73 Å². The van der Waals surface area contributed by atoms with Gasteiger partial charge in [0.05, 0.1) is 18.7 Å². The van der Waals surface area contributed by atoms with Gasteiger partial charge in [-0.15, -0.1) is 11.3 Å². The molecule has 1 saturated carbocycles. The van der Waals surface area contributed by atoms with Crippen molar-refractivity contribution in [3.05, 3.63) is 27.9 Å². The molecule has 0 aromatic carbocycles. The smallest absolute Gasteiger partial charge is 0.237 e. The van der Waals surface area contributed by atoms with Gasteiger partial charge in [0, 0.05) is 22.4 Å². The highest BCUT2D eigenvalue weighted by atomic mass is 32.1. The first-order valence-electron chi connectivity index (χ1n) is 7.68. The summed E-state index contributed by atoms with van der Waals surface area (Å²) in [7, 11) is 0. The lowest BCUT2D eigenvalue weighted by Crippen LogP contribution is -2.44. The van der Waals surface area contributed by atoms with Crippen molar-refractivity contribution in [2.24, 2.45) is 5.73 Å². The van der Waals surface area contributed by atoms with Crippen LogP contribution >= 0.6 is 22.7 Å². The molecule has 122 valence electrons. The molecule has 2 aromatic rings. The first-order chi connectivity index (χ1) is 11.1. The first kappa shape index (κ1) is 16.1. The van der Waals surface area contributed by atoms with Gasteiger partial charge in [-0.25, -0.2) is 4.98 Å². The van der Waals surface area contributed by atoms with Crippen LogP contribution in [-0.4, -0.2) is 34.3 Å². The van der Waals surface area contributed by atoms with E-state index in [1.807, 2.05) is 22.2 Å². The first-order valence-corrected chi connectivity index (χ1v) is 9.50. The summed E-state index contributed by atoms with van der Waals surface area (Å²) < 4.78 is 0. The molecule has 5 nitrogen and oxygen atoms in total. The maximum Gasteiger partial charge on any atom is 0.237 e. The number of thiazole rings is 1. The molecular formula is C16H19N3O2S2. The molecule has 3 rings (SSSR count). The Kier molecular flexibility index (Phi) is 5.07. The van der Waals surface area contributed by atoms with Crippen molar-refractivity contribution in [2.75, 3.05) is 6.54 Å². The van der Waals surface area contributed by atoms with Crippen molar-refractivity contribution >= 4 is 34.5 Å². The second kappa shape index (κ2) is 7.23. The van der Waals surface area contributed by atoms with Crippen LogP contribution in [-0.2, 0) is 16.0 Å². The summed E-state index contributed by atoms with van der Waals surface area (Å²) in [5.74, 6) is -0.514. The van der Waals surface area contributed by atoms with E-state index >= 15 is 0 Å². The summed E-state index contributed by atoms with van der Waals surface area (Å²) in [5, 5.41) is 6.90. The predicted octanol–water partition coefficient (Wildman–Crippen LogP) is 2.67. The van der Waals surface area contributed by atoms with Gasteiger partial charge >= 0.3 is 0 Å². The molecule has 0 aliphatic heterocycles. The Morgan fingerprint density at radius 1 is 1.30 bits per heavy atom. The van der Waals surface area contributed by atoms with E-state index in [1.165, 1.54) is 0 Å². The molecule has 1 fully saturated rings. The maximum absolute atomic E-state index is 12.6. The van der Waals surface area contributed by atoms with Gasteiger partial charge in [-0.2, -0.15) is 11.3 Å². The van der Waals surface area contributed by atoms with Gasteiger partial charge in [0.2, 0.25) is 11.8 Å². The second-order valence-corrected chi connectivity index (χ2v) is 7.40. The van der Waals surface area contributed by atoms with Crippen LogP contribution in [0.25, 0.3) is 10.6 Å². The van der Waals surface area contributed by atoms with Crippen LogP contribution < -0.4 is 5.73 Å². The fourth-order valence-corrected chi connectivity index (χ4v) is 4.50. The minimum absolute atomic E-state index is 0.00498. The minimum Gasteiger partial charge on any atom is -0.368 e. The highest BCUT2D eigenvalue weighted by Gasteiger charge is 2.28. The van der Waals surface area contributed by atoms with Crippen LogP contribution in [0.4, 0.5) is 0 Å².